The Morgan fingerprint density at radius 1 is 1.19 bits per heavy atom. The average Bonchev–Trinajstić information content (AvgIpc) is 2.92. The number of hydrogen-bond donors (Lipinski definition) is 1. The fourth-order valence-corrected chi connectivity index (χ4v) is 2.47. The fourth-order valence-electron chi connectivity index (χ4n) is 2.14. The summed E-state index contributed by atoms with van der Waals surface area (Å²) in [6, 6.07) is 13.1. The molecule has 3 rings (SSSR count). The molecule has 0 spiro atoms. The van der Waals surface area contributed by atoms with Gasteiger partial charge >= 0.3 is 0 Å². The van der Waals surface area contributed by atoms with Crippen LogP contribution in [-0.4, -0.2) is 9.55 Å². The van der Waals surface area contributed by atoms with Crippen LogP contribution in [0, 0.1) is 12.7 Å². The van der Waals surface area contributed by atoms with Gasteiger partial charge in [-0.15, -0.1) is 0 Å². The summed E-state index contributed by atoms with van der Waals surface area (Å²) in [5, 5.41) is 3.26. The van der Waals surface area contributed by atoms with Crippen molar-refractivity contribution >= 4 is 27.6 Å². The highest BCUT2D eigenvalue weighted by Gasteiger charge is 2.11. The Kier molecular flexibility index (Phi) is 3.75. The molecule has 21 heavy (non-hydrogen) atoms. The Hall–Kier alpha value is -2.14. The van der Waals surface area contributed by atoms with Gasteiger partial charge in [0.1, 0.15) is 5.82 Å². The molecule has 0 aliphatic rings. The molecular weight excluding hydrogens is 333 g/mol. The third kappa shape index (κ3) is 2.83. The van der Waals surface area contributed by atoms with Gasteiger partial charge in [0.25, 0.3) is 0 Å². The van der Waals surface area contributed by atoms with E-state index < -0.39 is 0 Å². The summed E-state index contributed by atoms with van der Waals surface area (Å²) in [7, 11) is 0. The van der Waals surface area contributed by atoms with E-state index in [4.69, 9.17) is 0 Å². The van der Waals surface area contributed by atoms with Crippen molar-refractivity contribution in [2.75, 3.05) is 5.32 Å². The summed E-state index contributed by atoms with van der Waals surface area (Å²) in [6.07, 6.45) is 3.56. The molecule has 3 nitrogen and oxygen atoms in total. The minimum absolute atomic E-state index is 0.270. The average molecular weight is 346 g/mol. The van der Waals surface area contributed by atoms with Crippen LogP contribution in [0.15, 0.2) is 59.3 Å². The predicted molar refractivity (Wildman–Crippen MR) is 85.7 cm³/mol. The number of rotatable bonds is 3. The molecule has 0 fully saturated rings. The molecule has 0 unspecified atom stereocenters. The van der Waals surface area contributed by atoms with E-state index in [9.17, 15) is 4.39 Å². The van der Waals surface area contributed by atoms with Gasteiger partial charge in [-0.3, -0.25) is 4.57 Å². The SMILES string of the molecule is Cc1cc(F)c(Br)cc1-n1ccnc1Nc1ccccc1. The second kappa shape index (κ2) is 5.69. The topological polar surface area (TPSA) is 29.9 Å². The summed E-state index contributed by atoms with van der Waals surface area (Å²) < 4.78 is 15.9. The number of anilines is 2. The molecule has 0 saturated carbocycles. The Bertz CT molecular complexity index is 768. The zero-order valence-corrected chi connectivity index (χ0v) is 12.9. The number of nitrogens with zero attached hydrogens (tertiary/aromatic N) is 2. The van der Waals surface area contributed by atoms with Crippen LogP contribution < -0.4 is 5.32 Å². The molecule has 0 atom stereocenters. The molecule has 106 valence electrons. The Balaban J connectivity index is 2.01. The van der Waals surface area contributed by atoms with Gasteiger partial charge in [-0.1, -0.05) is 18.2 Å². The van der Waals surface area contributed by atoms with E-state index in [0.717, 1.165) is 16.9 Å². The molecule has 0 aliphatic heterocycles. The summed E-state index contributed by atoms with van der Waals surface area (Å²) in [4.78, 5) is 4.32. The maximum absolute atomic E-state index is 13.6. The van der Waals surface area contributed by atoms with Crippen molar-refractivity contribution in [3.05, 3.63) is 70.7 Å². The standard InChI is InChI=1S/C16H13BrFN3/c1-11-9-14(18)13(17)10-15(11)21-8-7-19-16(21)20-12-5-3-2-4-6-12/h2-10H,1H3,(H,19,20). The fraction of sp³-hybridized carbons (Fsp3) is 0.0625. The van der Waals surface area contributed by atoms with Gasteiger partial charge in [0.15, 0.2) is 0 Å². The van der Waals surface area contributed by atoms with Crippen molar-refractivity contribution in [1.82, 2.24) is 9.55 Å². The highest BCUT2D eigenvalue weighted by molar-refractivity contribution is 9.10. The van der Waals surface area contributed by atoms with Crippen LogP contribution in [0.4, 0.5) is 16.0 Å². The van der Waals surface area contributed by atoms with Gasteiger partial charge in [-0.25, -0.2) is 9.37 Å². The van der Waals surface area contributed by atoms with E-state index in [1.165, 1.54) is 6.07 Å². The largest absolute Gasteiger partial charge is 0.325 e. The molecule has 0 bridgehead atoms. The van der Waals surface area contributed by atoms with Crippen LogP contribution >= 0.6 is 15.9 Å². The second-order valence-electron chi connectivity index (χ2n) is 4.66. The lowest BCUT2D eigenvalue weighted by Gasteiger charge is -2.13. The van der Waals surface area contributed by atoms with Crippen LogP contribution in [0.5, 0.6) is 0 Å². The smallest absolute Gasteiger partial charge is 0.212 e. The van der Waals surface area contributed by atoms with Crippen molar-refractivity contribution < 1.29 is 4.39 Å². The number of para-hydroxylation sites is 1. The number of nitrogens with one attached hydrogen (secondary N) is 1. The van der Waals surface area contributed by atoms with Gasteiger partial charge < -0.3 is 5.32 Å². The molecule has 3 aromatic rings. The minimum atomic E-state index is -0.270. The van der Waals surface area contributed by atoms with E-state index >= 15 is 0 Å². The zero-order chi connectivity index (χ0) is 14.8. The summed E-state index contributed by atoms with van der Waals surface area (Å²) >= 11 is 3.23. The Morgan fingerprint density at radius 3 is 2.71 bits per heavy atom. The van der Waals surface area contributed by atoms with Crippen LogP contribution in [0.25, 0.3) is 5.69 Å². The first kappa shape index (κ1) is 13.8. The Labute approximate surface area is 130 Å². The maximum atomic E-state index is 13.6. The number of benzene rings is 2. The predicted octanol–water partition coefficient (Wildman–Crippen LogP) is 4.83. The summed E-state index contributed by atoms with van der Waals surface area (Å²) in [6.45, 7) is 1.87. The van der Waals surface area contributed by atoms with Crippen LogP contribution in [0.1, 0.15) is 5.56 Å². The molecule has 2 aromatic carbocycles. The van der Waals surface area contributed by atoms with Crippen molar-refractivity contribution in [1.29, 1.82) is 0 Å². The third-order valence-corrected chi connectivity index (χ3v) is 3.78. The lowest BCUT2D eigenvalue weighted by atomic mass is 10.2. The van der Waals surface area contributed by atoms with E-state index in [-0.39, 0.29) is 5.82 Å². The number of aromatic nitrogens is 2. The van der Waals surface area contributed by atoms with Gasteiger partial charge in [0, 0.05) is 18.1 Å². The summed E-state index contributed by atoms with van der Waals surface area (Å²) in [5.74, 6) is 0.414. The monoisotopic (exact) mass is 345 g/mol. The van der Waals surface area contributed by atoms with Crippen molar-refractivity contribution in [2.45, 2.75) is 6.92 Å². The quantitative estimate of drug-likeness (QED) is 0.736. The first-order chi connectivity index (χ1) is 10.1. The molecule has 5 heteroatoms. The minimum Gasteiger partial charge on any atom is -0.325 e. The maximum Gasteiger partial charge on any atom is 0.212 e. The molecule has 0 saturated heterocycles. The molecule has 1 aromatic heterocycles. The van der Waals surface area contributed by atoms with E-state index in [0.29, 0.717) is 10.4 Å². The van der Waals surface area contributed by atoms with Gasteiger partial charge in [-0.2, -0.15) is 0 Å². The summed E-state index contributed by atoms with van der Waals surface area (Å²) in [5.41, 5.74) is 2.66. The van der Waals surface area contributed by atoms with Gasteiger partial charge in [0.05, 0.1) is 10.2 Å². The van der Waals surface area contributed by atoms with Crippen LogP contribution in [0.3, 0.4) is 0 Å². The van der Waals surface area contributed by atoms with Crippen LogP contribution in [-0.2, 0) is 0 Å². The van der Waals surface area contributed by atoms with E-state index in [1.807, 2.05) is 48.0 Å². The number of halogens is 2. The molecule has 0 radical (unpaired) electrons. The normalized spacial score (nSPS) is 10.6. The lowest BCUT2D eigenvalue weighted by Crippen LogP contribution is -2.03. The second-order valence-corrected chi connectivity index (χ2v) is 5.52. The first-order valence-electron chi connectivity index (χ1n) is 6.46. The van der Waals surface area contributed by atoms with E-state index in [2.05, 4.69) is 26.2 Å². The number of aryl methyl sites for hydroxylation is 1. The van der Waals surface area contributed by atoms with Crippen molar-refractivity contribution in [2.24, 2.45) is 0 Å². The zero-order valence-electron chi connectivity index (χ0n) is 11.3. The highest BCUT2D eigenvalue weighted by Crippen LogP contribution is 2.26. The van der Waals surface area contributed by atoms with E-state index in [1.54, 1.807) is 12.3 Å². The number of hydrogen-bond acceptors (Lipinski definition) is 2. The number of imidazole rings is 1. The lowest BCUT2D eigenvalue weighted by molar-refractivity contribution is 0.619. The molecule has 1 N–H and O–H groups in total. The molecule has 1 heterocycles. The highest BCUT2D eigenvalue weighted by atomic mass is 79.9. The first-order valence-corrected chi connectivity index (χ1v) is 7.26. The Morgan fingerprint density at radius 2 is 1.95 bits per heavy atom. The van der Waals surface area contributed by atoms with Gasteiger partial charge in [0.2, 0.25) is 5.95 Å². The third-order valence-electron chi connectivity index (χ3n) is 3.17. The molecular formula is C16H13BrFN3. The van der Waals surface area contributed by atoms with Crippen LogP contribution in [0.2, 0.25) is 0 Å². The van der Waals surface area contributed by atoms with Crippen molar-refractivity contribution in [3.8, 4) is 5.69 Å². The van der Waals surface area contributed by atoms with Crippen molar-refractivity contribution in [3.63, 3.8) is 0 Å². The van der Waals surface area contributed by atoms with Gasteiger partial charge in [-0.05, 0) is 52.7 Å². The molecule has 0 aliphatic carbocycles. The molecule has 0 amide bonds.